The van der Waals surface area contributed by atoms with Crippen molar-refractivity contribution in [2.24, 2.45) is 5.73 Å². The predicted octanol–water partition coefficient (Wildman–Crippen LogP) is 1.61. The number of furan rings is 1. The molecule has 2 rings (SSSR count). The van der Waals surface area contributed by atoms with Gasteiger partial charge in [0.25, 0.3) is 0 Å². The Hall–Kier alpha value is -1.81. The van der Waals surface area contributed by atoms with Gasteiger partial charge in [0, 0.05) is 11.8 Å². The topological polar surface area (TPSA) is 78.1 Å². The SMILES string of the molecule is Cc1ccnc(N)c1C(N)c1ccco1. The van der Waals surface area contributed by atoms with Crippen LogP contribution < -0.4 is 11.5 Å². The van der Waals surface area contributed by atoms with Gasteiger partial charge in [-0.05, 0) is 30.7 Å². The van der Waals surface area contributed by atoms with Crippen LogP contribution in [0, 0.1) is 6.92 Å². The summed E-state index contributed by atoms with van der Waals surface area (Å²) in [7, 11) is 0. The van der Waals surface area contributed by atoms with E-state index in [1.165, 1.54) is 0 Å². The lowest BCUT2D eigenvalue weighted by molar-refractivity contribution is 0.489. The second-order valence-corrected chi connectivity index (χ2v) is 3.42. The maximum atomic E-state index is 6.05. The van der Waals surface area contributed by atoms with E-state index in [-0.39, 0.29) is 6.04 Å². The predicted molar refractivity (Wildman–Crippen MR) is 58.1 cm³/mol. The lowest BCUT2D eigenvalue weighted by Gasteiger charge is -2.13. The first-order valence-electron chi connectivity index (χ1n) is 4.70. The summed E-state index contributed by atoms with van der Waals surface area (Å²) in [6.45, 7) is 1.95. The van der Waals surface area contributed by atoms with Crippen LogP contribution in [0.15, 0.2) is 35.1 Å². The van der Waals surface area contributed by atoms with Gasteiger partial charge in [0.15, 0.2) is 0 Å². The van der Waals surface area contributed by atoms with E-state index >= 15 is 0 Å². The molecule has 0 saturated carbocycles. The second kappa shape index (κ2) is 3.74. The molecule has 4 heteroatoms. The first kappa shape index (κ1) is 9.73. The quantitative estimate of drug-likeness (QED) is 0.777. The molecular weight excluding hydrogens is 190 g/mol. The summed E-state index contributed by atoms with van der Waals surface area (Å²) in [5.41, 5.74) is 13.7. The molecular formula is C11H13N3O. The summed E-state index contributed by atoms with van der Waals surface area (Å²) < 4.78 is 5.25. The van der Waals surface area contributed by atoms with E-state index < -0.39 is 0 Å². The molecule has 2 heterocycles. The zero-order valence-electron chi connectivity index (χ0n) is 8.47. The number of hydrogen-bond acceptors (Lipinski definition) is 4. The third-order valence-electron chi connectivity index (χ3n) is 2.40. The molecule has 0 aliphatic heterocycles. The van der Waals surface area contributed by atoms with Gasteiger partial charge in [-0.2, -0.15) is 0 Å². The molecule has 0 spiro atoms. The van der Waals surface area contributed by atoms with Gasteiger partial charge in [0.2, 0.25) is 0 Å². The van der Waals surface area contributed by atoms with Gasteiger partial charge in [-0.15, -0.1) is 0 Å². The smallest absolute Gasteiger partial charge is 0.128 e. The molecule has 2 aromatic heterocycles. The number of rotatable bonds is 2. The number of aryl methyl sites for hydroxylation is 1. The number of nitrogens with two attached hydrogens (primary N) is 2. The van der Waals surface area contributed by atoms with E-state index in [2.05, 4.69) is 4.98 Å². The van der Waals surface area contributed by atoms with Gasteiger partial charge in [0.1, 0.15) is 11.6 Å². The molecule has 4 nitrogen and oxygen atoms in total. The first-order valence-corrected chi connectivity index (χ1v) is 4.70. The first-order chi connectivity index (χ1) is 7.20. The highest BCUT2D eigenvalue weighted by Gasteiger charge is 2.17. The minimum absolute atomic E-state index is 0.353. The highest BCUT2D eigenvalue weighted by molar-refractivity contribution is 5.48. The van der Waals surface area contributed by atoms with Gasteiger partial charge in [-0.25, -0.2) is 4.98 Å². The fourth-order valence-corrected chi connectivity index (χ4v) is 1.61. The lowest BCUT2D eigenvalue weighted by atomic mass is 10.0. The average molecular weight is 203 g/mol. The van der Waals surface area contributed by atoms with E-state index in [0.29, 0.717) is 11.6 Å². The molecule has 15 heavy (non-hydrogen) atoms. The summed E-state index contributed by atoms with van der Waals surface area (Å²) in [6, 6.07) is 5.16. The summed E-state index contributed by atoms with van der Waals surface area (Å²) >= 11 is 0. The summed E-state index contributed by atoms with van der Waals surface area (Å²) in [5.74, 6) is 1.15. The van der Waals surface area contributed by atoms with Gasteiger partial charge >= 0.3 is 0 Å². The van der Waals surface area contributed by atoms with E-state index in [9.17, 15) is 0 Å². The van der Waals surface area contributed by atoms with Crippen molar-refractivity contribution in [1.29, 1.82) is 0 Å². The van der Waals surface area contributed by atoms with Gasteiger partial charge in [0.05, 0.1) is 12.3 Å². The van der Waals surface area contributed by atoms with E-state index in [1.807, 2.05) is 19.1 Å². The van der Waals surface area contributed by atoms with Crippen molar-refractivity contribution in [3.63, 3.8) is 0 Å². The highest BCUT2D eigenvalue weighted by Crippen LogP contribution is 2.26. The molecule has 1 unspecified atom stereocenters. The summed E-state index contributed by atoms with van der Waals surface area (Å²) in [6.07, 6.45) is 3.26. The Bertz CT molecular complexity index is 431. The largest absolute Gasteiger partial charge is 0.467 e. The highest BCUT2D eigenvalue weighted by atomic mass is 16.3. The Morgan fingerprint density at radius 3 is 2.80 bits per heavy atom. The molecule has 0 aliphatic carbocycles. The third-order valence-corrected chi connectivity index (χ3v) is 2.40. The third kappa shape index (κ3) is 1.71. The van der Waals surface area contributed by atoms with Crippen molar-refractivity contribution >= 4 is 5.82 Å². The molecule has 4 N–H and O–H groups in total. The molecule has 1 atom stereocenters. The minimum atomic E-state index is -0.353. The normalized spacial score (nSPS) is 12.7. The van der Waals surface area contributed by atoms with E-state index in [4.69, 9.17) is 15.9 Å². The number of pyridine rings is 1. The van der Waals surface area contributed by atoms with Crippen molar-refractivity contribution in [3.05, 3.63) is 47.5 Å². The molecule has 2 aromatic rings. The molecule has 0 saturated heterocycles. The number of aromatic nitrogens is 1. The lowest BCUT2D eigenvalue weighted by Crippen LogP contribution is -2.15. The number of anilines is 1. The minimum Gasteiger partial charge on any atom is -0.467 e. The molecule has 0 amide bonds. The zero-order valence-corrected chi connectivity index (χ0v) is 8.47. The fourth-order valence-electron chi connectivity index (χ4n) is 1.61. The Kier molecular flexibility index (Phi) is 2.43. The fraction of sp³-hybridized carbons (Fsp3) is 0.182. The van der Waals surface area contributed by atoms with E-state index in [0.717, 1.165) is 11.1 Å². The van der Waals surface area contributed by atoms with Crippen molar-refractivity contribution in [2.45, 2.75) is 13.0 Å². The average Bonchev–Trinajstić information content (AvgIpc) is 2.69. The van der Waals surface area contributed by atoms with Crippen LogP contribution in [0.5, 0.6) is 0 Å². The van der Waals surface area contributed by atoms with E-state index in [1.54, 1.807) is 18.5 Å². The number of nitrogen functional groups attached to an aromatic ring is 1. The standard InChI is InChI=1S/C11H13N3O/c1-7-4-5-14-11(13)9(7)10(12)8-3-2-6-15-8/h2-6,10H,12H2,1H3,(H2,13,14). The summed E-state index contributed by atoms with van der Waals surface area (Å²) in [5, 5.41) is 0. The Morgan fingerprint density at radius 1 is 1.40 bits per heavy atom. The number of hydrogen-bond donors (Lipinski definition) is 2. The Labute approximate surface area is 87.9 Å². The van der Waals surface area contributed by atoms with Crippen LogP contribution in [0.2, 0.25) is 0 Å². The molecule has 0 fully saturated rings. The van der Waals surface area contributed by atoms with Gasteiger partial charge < -0.3 is 15.9 Å². The van der Waals surface area contributed by atoms with Gasteiger partial charge in [-0.3, -0.25) is 0 Å². The Balaban J connectivity index is 2.46. The molecule has 0 aliphatic rings. The van der Waals surface area contributed by atoms with Gasteiger partial charge in [-0.1, -0.05) is 0 Å². The van der Waals surface area contributed by atoms with Crippen LogP contribution in [-0.4, -0.2) is 4.98 Å². The van der Waals surface area contributed by atoms with Crippen molar-refractivity contribution in [1.82, 2.24) is 4.98 Å². The Morgan fingerprint density at radius 2 is 2.20 bits per heavy atom. The number of nitrogens with zero attached hydrogens (tertiary/aromatic N) is 1. The molecule has 0 radical (unpaired) electrons. The van der Waals surface area contributed by atoms with Crippen LogP contribution in [0.3, 0.4) is 0 Å². The van der Waals surface area contributed by atoms with Crippen LogP contribution in [0.4, 0.5) is 5.82 Å². The summed E-state index contributed by atoms with van der Waals surface area (Å²) in [4.78, 5) is 4.03. The zero-order chi connectivity index (χ0) is 10.8. The second-order valence-electron chi connectivity index (χ2n) is 3.42. The molecule has 0 bridgehead atoms. The van der Waals surface area contributed by atoms with Crippen molar-refractivity contribution in [3.8, 4) is 0 Å². The van der Waals surface area contributed by atoms with Crippen LogP contribution in [0.25, 0.3) is 0 Å². The van der Waals surface area contributed by atoms with Crippen molar-refractivity contribution in [2.75, 3.05) is 5.73 Å². The van der Waals surface area contributed by atoms with Crippen LogP contribution in [-0.2, 0) is 0 Å². The molecule has 0 aromatic carbocycles. The van der Waals surface area contributed by atoms with Crippen molar-refractivity contribution < 1.29 is 4.42 Å². The van der Waals surface area contributed by atoms with Crippen LogP contribution >= 0.6 is 0 Å². The monoisotopic (exact) mass is 203 g/mol. The maximum absolute atomic E-state index is 6.05. The van der Waals surface area contributed by atoms with Crippen LogP contribution in [0.1, 0.15) is 22.9 Å². The maximum Gasteiger partial charge on any atom is 0.128 e. The molecule has 78 valence electrons.